The Kier molecular flexibility index (Phi) is 5.51. The summed E-state index contributed by atoms with van der Waals surface area (Å²) in [7, 11) is 1.91. The van der Waals surface area contributed by atoms with E-state index in [1.54, 1.807) is 11.3 Å². The molecule has 3 rings (SSSR count). The molecule has 1 aromatic heterocycles. The maximum absolute atomic E-state index is 12.7. The molecule has 0 radical (unpaired) electrons. The minimum Gasteiger partial charge on any atom is -0.337 e. The van der Waals surface area contributed by atoms with Gasteiger partial charge in [-0.2, -0.15) is 0 Å². The van der Waals surface area contributed by atoms with Crippen molar-refractivity contribution in [2.75, 3.05) is 20.1 Å². The molecule has 4 nitrogen and oxygen atoms in total. The number of nitrogens with one attached hydrogen (secondary N) is 1. The van der Waals surface area contributed by atoms with Crippen molar-refractivity contribution in [2.45, 2.75) is 39.2 Å². The van der Waals surface area contributed by atoms with Gasteiger partial charge in [-0.1, -0.05) is 19.1 Å². The maximum Gasteiger partial charge on any atom is 0.223 e. The fraction of sp³-hybridized carbons (Fsp3) is 0.579. The number of benzene rings is 1. The third-order valence-electron chi connectivity index (χ3n) is 5.28. The highest BCUT2D eigenvalue weighted by Crippen LogP contribution is 2.30. The molecule has 0 aliphatic carbocycles. The van der Waals surface area contributed by atoms with E-state index in [9.17, 15) is 4.79 Å². The third kappa shape index (κ3) is 3.78. The van der Waals surface area contributed by atoms with Gasteiger partial charge in [-0.15, -0.1) is 11.3 Å². The first-order valence-electron chi connectivity index (χ1n) is 8.88. The second-order valence-electron chi connectivity index (χ2n) is 6.99. The van der Waals surface area contributed by atoms with Gasteiger partial charge in [-0.3, -0.25) is 4.79 Å². The average molecular weight is 346 g/mol. The summed E-state index contributed by atoms with van der Waals surface area (Å²) in [5, 5.41) is 4.46. The van der Waals surface area contributed by atoms with E-state index >= 15 is 0 Å². The molecule has 2 heterocycles. The highest BCUT2D eigenvalue weighted by molar-refractivity contribution is 7.18. The van der Waals surface area contributed by atoms with Gasteiger partial charge in [0, 0.05) is 13.5 Å². The Morgan fingerprint density at radius 2 is 2.21 bits per heavy atom. The van der Waals surface area contributed by atoms with Crippen LogP contribution in [-0.2, 0) is 4.79 Å². The topological polar surface area (TPSA) is 45.2 Å². The van der Waals surface area contributed by atoms with E-state index < -0.39 is 0 Å². The molecule has 130 valence electrons. The Hall–Kier alpha value is -1.46. The zero-order chi connectivity index (χ0) is 17.1. The number of amides is 1. The number of carbonyl (C=O) groups excluding carboxylic acids is 1. The molecule has 1 saturated heterocycles. The molecule has 1 aromatic carbocycles. The summed E-state index contributed by atoms with van der Waals surface area (Å²) in [6.45, 7) is 6.45. The fourth-order valence-electron chi connectivity index (χ4n) is 3.40. The van der Waals surface area contributed by atoms with Crippen molar-refractivity contribution in [1.82, 2.24) is 15.2 Å². The molecule has 5 heteroatoms. The largest absolute Gasteiger partial charge is 0.337 e. The zero-order valence-corrected chi connectivity index (χ0v) is 15.6. The van der Waals surface area contributed by atoms with Gasteiger partial charge in [0.2, 0.25) is 5.91 Å². The molecule has 3 atom stereocenters. The van der Waals surface area contributed by atoms with Crippen molar-refractivity contribution in [3.63, 3.8) is 0 Å². The minimum absolute atomic E-state index is 0.0200. The van der Waals surface area contributed by atoms with Crippen molar-refractivity contribution in [3.8, 4) is 0 Å². The van der Waals surface area contributed by atoms with Crippen molar-refractivity contribution >= 4 is 27.5 Å². The number of hydrogen-bond donors (Lipinski definition) is 1. The number of hydrogen-bond acceptors (Lipinski definition) is 4. The second kappa shape index (κ2) is 7.62. The van der Waals surface area contributed by atoms with Crippen molar-refractivity contribution in [2.24, 2.45) is 11.8 Å². The van der Waals surface area contributed by atoms with Crippen LogP contribution in [0.5, 0.6) is 0 Å². The quantitative estimate of drug-likeness (QED) is 0.895. The lowest BCUT2D eigenvalue weighted by Crippen LogP contribution is -2.36. The van der Waals surface area contributed by atoms with Crippen molar-refractivity contribution in [1.29, 1.82) is 0 Å². The van der Waals surface area contributed by atoms with Gasteiger partial charge in [-0.05, 0) is 56.8 Å². The number of thiazole rings is 1. The summed E-state index contributed by atoms with van der Waals surface area (Å²) in [4.78, 5) is 19.3. The number of rotatable bonds is 5. The van der Waals surface area contributed by atoms with Gasteiger partial charge in [-0.25, -0.2) is 4.98 Å². The molecule has 1 fully saturated rings. The summed E-state index contributed by atoms with van der Waals surface area (Å²) in [5.74, 6) is 1.27. The van der Waals surface area contributed by atoms with E-state index in [1.807, 2.05) is 30.1 Å². The molecule has 1 aliphatic rings. The van der Waals surface area contributed by atoms with Crippen LogP contribution < -0.4 is 5.32 Å². The summed E-state index contributed by atoms with van der Waals surface area (Å²) in [6.07, 6.45) is 3.08. The van der Waals surface area contributed by atoms with Gasteiger partial charge in [0.05, 0.1) is 16.3 Å². The molecule has 0 saturated carbocycles. The van der Waals surface area contributed by atoms with E-state index in [0.717, 1.165) is 23.6 Å². The van der Waals surface area contributed by atoms with Crippen LogP contribution in [0.1, 0.15) is 44.2 Å². The van der Waals surface area contributed by atoms with Gasteiger partial charge in [0.1, 0.15) is 5.01 Å². The highest BCUT2D eigenvalue weighted by atomic mass is 32.1. The van der Waals surface area contributed by atoms with Crippen molar-refractivity contribution < 1.29 is 4.79 Å². The van der Waals surface area contributed by atoms with E-state index in [2.05, 4.69) is 25.2 Å². The van der Waals surface area contributed by atoms with Crippen LogP contribution in [0.3, 0.4) is 0 Å². The summed E-state index contributed by atoms with van der Waals surface area (Å²) in [5.41, 5.74) is 1.02. The van der Waals surface area contributed by atoms with Crippen LogP contribution in [0.15, 0.2) is 24.3 Å². The fourth-order valence-corrected chi connectivity index (χ4v) is 4.46. The molecule has 24 heavy (non-hydrogen) atoms. The Balaban J connectivity index is 1.63. The molecule has 0 spiro atoms. The average Bonchev–Trinajstić information content (AvgIpc) is 3.05. The first-order valence-corrected chi connectivity index (χ1v) is 9.69. The van der Waals surface area contributed by atoms with Gasteiger partial charge in [0.25, 0.3) is 0 Å². The van der Waals surface area contributed by atoms with Gasteiger partial charge >= 0.3 is 0 Å². The summed E-state index contributed by atoms with van der Waals surface area (Å²) < 4.78 is 1.18. The molecule has 3 unspecified atom stereocenters. The number of aromatic nitrogens is 1. The second-order valence-corrected chi connectivity index (χ2v) is 8.05. The van der Waals surface area contributed by atoms with Crippen LogP contribution in [-0.4, -0.2) is 35.9 Å². The van der Waals surface area contributed by atoms with E-state index in [4.69, 9.17) is 4.98 Å². The lowest BCUT2D eigenvalue weighted by molar-refractivity contribution is -0.133. The predicted molar refractivity (Wildman–Crippen MR) is 100 cm³/mol. The molecule has 1 amide bonds. The smallest absolute Gasteiger partial charge is 0.223 e. The minimum atomic E-state index is 0.0200. The molecule has 1 aliphatic heterocycles. The maximum atomic E-state index is 12.7. The molecule has 0 bridgehead atoms. The zero-order valence-electron chi connectivity index (χ0n) is 14.8. The lowest BCUT2D eigenvalue weighted by Gasteiger charge is -2.30. The normalized spacial score (nSPS) is 20.7. The predicted octanol–water partition coefficient (Wildman–Crippen LogP) is 3.84. The Bertz CT molecular complexity index is 660. The van der Waals surface area contributed by atoms with Crippen LogP contribution in [0, 0.1) is 11.8 Å². The first kappa shape index (κ1) is 17.4. The first-order chi connectivity index (χ1) is 11.6. The lowest BCUT2D eigenvalue weighted by atomic mass is 9.85. The van der Waals surface area contributed by atoms with E-state index in [-0.39, 0.29) is 11.9 Å². The van der Waals surface area contributed by atoms with E-state index in [1.165, 1.54) is 17.5 Å². The molecule has 1 N–H and O–H groups in total. The van der Waals surface area contributed by atoms with Crippen LogP contribution >= 0.6 is 11.3 Å². The number of carbonyl (C=O) groups is 1. The number of para-hydroxylation sites is 1. The molecule has 2 aromatic rings. The van der Waals surface area contributed by atoms with Gasteiger partial charge in [0.15, 0.2) is 0 Å². The van der Waals surface area contributed by atoms with Gasteiger partial charge < -0.3 is 10.2 Å². The summed E-state index contributed by atoms with van der Waals surface area (Å²) in [6, 6.07) is 8.17. The third-order valence-corrected chi connectivity index (χ3v) is 6.49. The Morgan fingerprint density at radius 1 is 1.42 bits per heavy atom. The molecular formula is C19H27N3OS. The summed E-state index contributed by atoms with van der Waals surface area (Å²) >= 11 is 1.68. The van der Waals surface area contributed by atoms with Crippen LogP contribution in [0.25, 0.3) is 10.2 Å². The number of fused-ring (bicyclic) bond motifs is 1. The monoisotopic (exact) mass is 345 g/mol. The van der Waals surface area contributed by atoms with Crippen LogP contribution in [0.4, 0.5) is 0 Å². The Morgan fingerprint density at radius 3 is 2.92 bits per heavy atom. The van der Waals surface area contributed by atoms with Crippen molar-refractivity contribution in [3.05, 3.63) is 29.3 Å². The number of nitrogens with zero attached hydrogens (tertiary/aromatic N) is 2. The molecular weight excluding hydrogens is 318 g/mol. The van der Waals surface area contributed by atoms with Crippen LogP contribution in [0.2, 0.25) is 0 Å². The standard InChI is InChI=1S/C19H27N3OS/c1-13(15-7-6-10-20-12-15)11-18(23)22(3)14(2)19-21-16-8-4-5-9-17(16)24-19/h4-5,8-9,13-15,20H,6-7,10-12H2,1-3H3. The SMILES string of the molecule is CC(CC(=O)N(C)C(C)c1nc2ccccc2s1)C1CCCNC1. The highest BCUT2D eigenvalue weighted by Gasteiger charge is 2.26. The Labute approximate surface area is 148 Å². The van der Waals surface area contributed by atoms with E-state index in [0.29, 0.717) is 18.3 Å². The number of piperidine rings is 1.